The number of rotatable bonds is 5. The smallest absolute Gasteiger partial charge is 0.274 e. The van der Waals surface area contributed by atoms with Crippen molar-refractivity contribution >= 4 is 40.4 Å². The largest absolute Gasteiger partial charge is 0.354 e. The molecule has 2 aromatic carbocycles. The van der Waals surface area contributed by atoms with Crippen LogP contribution >= 0.6 is 11.6 Å². The van der Waals surface area contributed by atoms with Crippen LogP contribution in [0.25, 0.3) is 0 Å². The molecule has 5 nitrogen and oxygen atoms in total. The molecule has 0 atom stereocenters. The number of aryl methyl sites for hydroxylation is 2. The number of carbonyl (C=O) groups is 2. The maximum Gasteiger partial charge on any atom is 0.274 e. The fourth-order valence-corrected chi connectivity index (χ4v) is 3.20. The summed E-state index contributed by atoms with van der Waals surface area (Å²) in [7, 11) is 0. The Hall–Kier alpha value is -3.18. The first-order valence-corrected chi connectivity index (χ1v) is 9.13. The van der Waals surface area contributed by atoms with Gasteiger partial charge in [-0.25, -0.2) is 4.98 Å². The highest BCUT2D eigenvalue weighted by atomic mass is 35.5. The van der Waals surface area contributed by atoms with E-state index in [9.17, 15) is 9.59 Å². The summed E-state index contributed by atoms with van der Waals surface area (Å²) in [5.41, 5.74) is 4.89. The van der Waals surface area contributed by atoms with Crippen LogP contribution in [0.4, 0.5) is 17.1 Å². The van der Waals surface area contributed by atoms with Gasteiger partial charge in [0.1, 0.15) is 5.69 Å². The normalized spacial score (nSPS) is 10.4. The van der Waals surface area contributed by atoms with E-state index in [-0.39, 0.29) is 17.4 Å². The van der Waals surface area contributed by atoms with Crippen molar-refractivity contribution in [3.8, 4) is 0 Å². The van der Waals surface area contributed by atoms with Crippen molar-refractivity contribution in [2.45, 2.75) is 20.8 Å². The number of amides is 1. The van der Waals surface area contributed by atoms with E-state index in [1.807, 2.05) is 32.0 Å². The minimum Gasteiger partial charge on any atom is -0.354 e. The quantitative estimate of drug-likeness (QED) is 0.557. The van der Waals surface area contributed by atoms with Crippen molar-refractivity contribution in [3.05, 3.63) is 82.1 Å². The van der Waals surface area contributed by atoms with Crippen molar-refractivity contribution in [2.75, 3.05) is 10.6 Å². The van der Waals surface area contributed by atoms with E-state index in [0.29, 0.717) is 22.0 Å². The van der Waals surface area contributed by atoms with Crippen LogP contribution in [0.5, 0.6) is 0 Å². The first-order chi connectivity index (χ1) is 13.3. The summed E-state index contributed by atoms with van der Waals surface area (Å²) in [5.74, 6) is -0.335. The van der Waals surface area contributed by atoms with Gasteiger partial charge in [0.2, 0.25) is 0 Å². The number of carbonyl (C=O) groups excluding carboxylic acids is 2. The number of halogens is 1. The lowest BCUT2D eigenvalue weighted by Gasteiger charge is -2.12. The summed E-state index contributed by atoms with van der Waals surface area (Å²) in [5, 5.41) is 6.49. The van der Waals surface area contributed by atoms with Crippen LogP contribution in [0.15, 0.2) is 54.7 Å². The SMILES string of the molecule is CC(=O)c1cccc(Nc2ccc(C(=O)Nc3c(C)cc(C)cc3Cl)nc2)c1. The molecular formula is C22H20ClN3O2. The van der Waals surface area contributed by atoms with Crippen LogP contribution in [0, 0.1) is 13.8 Å². The molecule has 0 saturated carbocycles. The maximum absolute atomic E-state index is 12.5. The van der Waals surface area contributed by atoms with Crippen molar-refractivity contribution < 1.29 is 9.59 Å². The fourth-order valence-electron chi connectivity index (χ4n) is 2.84. The van der Waals surface area contributed by atoms with E-state index >= 15 is 0 Å². The molecule has 0 aliphatic rings. The topological polar surface area (TPSA) is 71.1 Å². The number of benzene rings is 2. The molecule has 1 heterocycles. The fraction of sp³-hybridized carbons (Fsp3) is 0.136. The number of hydrogen-bond acceptors (Lipinski definition) is 4. The number of hydrogen-bond donors (Lipinski definition) is 2. The third kappa shape index (κ3) is 4.56. The Morgan fingerprint density at radius 3 is 2.43 bits per heavy atom. The van der Waals surface area contributed by atoms with Crippen LogP contribution in [-0.4, -0.2) is 16.7 Å². The molecule has 0 bridgehead atoms. The molecular weight excluding hydrogens is 374 g/mol. The standard InChI is InChI=1S/C22H20ClN3O2/c1-13-9-14(2)21(19(23)10-13)26-22(28)20-8-7-18(12-24-20)25-17-6-4-5-16(11-17)15(3)27/h4-12,25H,1-3H3,(H,26,28). The van der Waals surface area contributed by atoms with Crippen LogP contribution in [0.3, 0.4) is 0 Å². The van der Waals surface area contributed by atoms with Gasteiger partial charge in [-0.3, -0.25) is 9.59 Å². The summed E-state index contributed by atoms with van der Waals surface area (Å²) in [4.78, 5) is 28.2. The number of anilines is 3. The van der Waals surface area contributed by atoms with E-state index < -0.39 is 0 Å². The van der Waals surface area contributed by atoms with Gasteiger partial charge in [-0.05, 0) is 62.2 Å². The first kappa shape index (κ1) is 19.6. The molecule has 2 N–H and O–H groups in total. The van der Waals surface area contributed by atoms with E-state index in [1.165, 1.54) is 6.92 Å². The van der Waals surface area contributed by atoms with Crippen molar-refractivity contribution in [3.63, 3.8) is 0 Å². The average Bonchev–Trinajstić information content (AvgIpc) is 2.65. The average molecular weight is 394 g/mol. The Kier molecular flexibility index (Phi) is 5.76. The molecule has 3 rings (SSSR count). The summed E-state index contributed by atoms with van der Waals surface area (Å²) in [6, 6.07) is 14.3. The number of ketones is 1. The van der Waals surface area contributed by atoms with Crippen LogP contribution in [-0.2, 0) is 0 Å². The predicted molar refractivity (Wildman–Crippen MR) is 113 cm³/mol. The Bertz CT molecular complexity index is 1020. The van der Waals surface area contributed by atoms with E-state index in [0.717, 1.165) is 16.8 Å². The molecule has 1 aromatic heterocycles. The van der Waals surface area contributed by atoms with Crippen LogP contribution in [0.1, 0.15) is 38.9 Å². The highest BCUT2D eigenvalue weighted by Gasteiger charge is 2.12. The van der Waals surface area contributed by atoms with Gasteiger partial charge in [0.25, 0.3) is 5.91 Å². The predicted octanol–water partition coefficient (Wildman–Crippen LogP) is 5.55. The summed E-state index contributed by atoms with van der Waals surface area (Å²) in [6.07, 6.45) is 1.57. The minimum atomic E-state index is -0.334. The summed E-state index contributed by atoms with van der Waals surface area (Å²) >= 11 is 6.25. The molecule has 6 heteroatoms. The van der Waals surface area contributed by atoms with Gasteiger partial charge in [-0.1, -0.05) is 29.8 Å². The van der Waals surface area contributed by atoms with Crippen LogP contribution < -0.4 is 10.6 Å². The molecule has 3 aromatic rings. The zero-order chi connectivity index (χ0) is 20.3. The first-order valence-electron chi connectivity index (χ1n) is 8.75. The van der Waals surface area contributed by atoms with Crippen molar-refractivity contribution in [2.24, 2.45) is 0 Å². The second kappa shape index (κ2) is 8.23. The Morgan fingerprint density at radius 1 is 1.00 bits per heavy atom. The van der Waals surface area contributed by atoms with Gasteiger partial charge in [-0.15, -0.1) is 0 Å². The van der Waals surface area contributed by atoms with Gasteiger partial charge in [0.05, 0.1) is 22.6 Å². The molecule has 28 heavy (non-hydrogen) atoms. The van der Waals surface area contributed by atoms with Gasteiger partial charge in [0, 0.05) is 11.3 Å². The lowest BCUT2D eigenvalue weighted by atomic mass is 10.1. The van der Waals surface area contributed by atoms with Crippen molar-refractivity contribution in [1.29, 1.82) is 0 Å². The summed E-state index contributed by atoms with van der Waals surface area (Å²) in [6.45, 7) is 5.37. The second-order valence-corrected chi connectivity index (χ2v) is 6.99. The molecule has 142 valence electrons. The van der Waals surface area contributed by atoms with E-state index in [4.69, 9.17) is 11.6 Å². The highest BCUT2D eigenvalue weighted by molar-refractivity contribution is 6.34. The molecule has 1 amide bonds. The Balaban J connectivity index is 1.73. The molecule has 0 radical (unpaired) electrons. The second-order valence-electron chi connectivity index (χ2n) is 6.59. The maximum atomic E-state index is 12.5. The molecule has 0 unspecified atom stereocenters. The van der Waals surface area contributed by atoms with Gasteiger partial charge < -0.3 is 10.6 Å². The number of nitrogens with one attached hydrogen (secondary N) is 2. The molecule has 0 aliphatic heterocycles. The zero-order valence-electron chi connectivity index (χ0n) is 15.8. The Morgan fingerprint density at radius 2 is 1.79 bits per heavy atom. The van der Waals surface area contributed by atoms with Gasteiger partial charge in [-0.2, -0.15) is 0 Å². The van der Waals surface area contributed by atoms with E-state index in [1.54, 1.807) is 36.5 Å². The zero-order valence-corrected chi connectivity index (χ0v) is 16.6. The number of nitrogens with zero attached hydrogens (tertiary/aromatic N) is 1. The van der Waals surface area contributed by atoms with Gasteiger partial charge in [0.15, 0.2) is 5.78 Å². The van der Waals surface area contributed by atoms with Gasteiger partial charge >= 0.3 is 0 Å². The highest BCUT2D eigenvalue weighted by Crippen LogP contribution is 2.27. The lowest BCUT2D eigenvalue weighted by molar-refractivity contribution is 0.101. The third-order valence-electron chi connectivity index (χ3n) is 4.22. The lowest BCUT2D eigenvalue weighted by Crippen LogP contribution is -2.15. The molecule has 0 spiro atoms. The van der Waals surface area contributed by atoms with Crippen molar-refractivity contribution in [1.82, 2.24) is 4.98 Å². The Labute approximate surface area is 168 Å². The monoisotopic (exact) mass is 393 g/mol. The van der Waals surface area contributed by atoms with E-state index in [2.05, 4.69) is 15.6 Å². The summed E-state index contributed by atoms with van der Waals surface area (Å²) < 4.78 is 0. The minimum absolute atomic E-state index is 0.00106. The molecule has 0 saturated heterocycles. The number of pyridine rings is 1. The number of aromatic nitrogens is 1. The van der Waals surface area contributed by atoms with Crippen LogP contribution in [0.2, 0.25) is 5.02 Å². The third-order valence-corrected chi connectivity index (χ3v) is 4.52. The number of Topliss-reactive ketones (excluding diaryl/α,β-unsaturated/α-hetero) is 1. The molecule has 0 fully saturated rings. The molecule has 0 aliphatic carbocycles.